The molecular weight excluding hydrogens is 415 g/mol. The Morgan fingerprint density at radius 2 is 1.88 bits per heavy atom. The minimum atomic E-state index is -1.24. The first-order chi connectivity index (χ1) is 15.3. The van der Waals surface area contributed by atoms with Gasteiger partial charge in [0, 0.05) is 12.1 Å². The van der Waals surface area contributed by atoms with Crippen LogP contribution in [0.2, 0.25) is 0 Å². The fraction of sp³-hybridized carbons (Fsp3) is 0.833. The quantitative estimate of drug-likeness (QED) is 0.648. The standard InChI is InChI=1S/C24H33FN2O5/c1-26(2)21-15(25)7-13-20-23(21)32-19-8-12-11-5-3-4-6-17(11)31-18(12)9-16(19)27(20)10-14(22(13)28)24(29)30/h10-13,15-21,23H,3-9H2,1-2H3,(H,29,30). The molecule has 11 atom stereocenters. The van der Waals surface area contributed by atoms with Crippen molar-refractivity contribution in [1.29, 1.82) is 0 Å². The molecule has 0 bridgehead atoms. The number of nitrogens with zero attached hydrogens (tertiary/aromatic N) is 2. The van der Waals surface area contributed by atoms with E-state index in [2.05, 4.69) is 4.90 Å². The van der Waals surface area contributed by atoms with E-state index in [1.807, 2.05) is 19.0 Å². The summed E-state index contributed by atoms with van der Waals surface area (Å²) >= 11 is 0. The average Bonchev–Trinajstić information content (AvgIpc) is 3.11. The number of ether oxygens (including phenoxy) is 2. The van der Waals surface area contributed by atoms with Crippen LogP contribution in [0.15, 0.2) is 11.8 Å². The van der Waals surface area contributed by atoms with E-state index in [1.54, 1.807) is 6.20 Å². The third-order valence-corrected chi connectivity index (χ3v) is 9.24. The predicted octanol–water partition coefficient (Wildman–Crippen LogP) is 2.00. The number of carboxylic acids is 1. The van der Waals surface area contributed by atoms with Gasteiger partial charge in [-0.3, -0.25) is 4.79 Å². The molecule has 32 heavy (non-hydrogen) atoms. The summed E-state index contributed by atoms with van der Waals surface area (Å²) in [6.45, 7) is 0. The number of carbonyl (C=O) groups is 2. The van der Waals surface area contributed by atoms with Crippen LogP contribution in [0.4, 0.5) is 4.39 Å². The Hall–Kier alpha value is -1.51. The second kappa shape index (κ2) is 7.50. The number of hydrogen-bond donors (Lipinski definition) is 1. The fourth-order valence-electron chi connectivity index (χ4n) is 7.97. The van der Waals surface area contributed by atoms with E-state index in [0.717, 1.165) is 19.3 Å². The number of ketones is 1. The van der Waals surface area contributed by atoms with Gasteiger partial charge in [0.1, 0.15) is 11.7 Å². The Kier molecular flexibility index (Phi) is 4.93. The van der Waals surface area contributed by atoms with Gasteiger partial charge in [0.25, 0.3) is 0 Å². The first kappa shape index (κ1) is 21.1. The molecule has 176 valence electrons. The summed E-state index contributed by atoms with van der Waals surface area (Å²) in [5, 5.41) is 9.72. The number of hydrogen-bond acceptors (Lipinski definition) is 6. The summed E-state index contributed by atoms with van der Waals surface area (Å²) in [7, 11) is 3.71. The van der Waals surface area contributed by atoms with Crippen LogP contribution in [-0.2, 0) is 19.1 Å². The van der Waals surface area contributed by atoms with Gasteiger partial charge < -0.3 is 24.4 Å². The Morgan fingerprint density at radius 3 is 2.62 bits per heavy atom. The van der Waals surface area contributed by atoms with E-state index < -0.39 is 36.0 Å². The zero-order valence-electron chi connectivity index (χ0n) is 18.7. The second-order valence-electron chi connectivity index (χ2n) is 11.0. The van der Waals surface area contributed by atoms with Gasteiger partial charge in [-0.05, 0) is 58.0 Å². The number of carboxylic acid groups (broad SMARTS) is 1. The zero-order chi connectivity index (χ0) is 22.3. The zero-order valence-corrected chi connectivity index (χ0v) is 18.7. The molecule has 1 N–H and O–H groups in total. The first-order valence-corrected chi connectivity index (χ1v) is 12.2. The van der Waals surface area contributed by atoms with Crippen LogP contribution in [0, 0.1) is 17.8 Å². The lowest BCUT2D eigenvalue weighted by Gasteiger charge is -2.60. The number of likely N-dealkylation sites (N-methyl/N-ethyl adjacent to an activating group) is 1. The van der Waals surface area contributed by atoms with Crippen molar-refractivity contribution < 1.29 is 28.6 Å². The van der Waals surface area contributed by atoms with E-state index in [1.165, 1.54) is 19.3 Å². The highest BCUT2D eigenvalue weighted by Gasteiger charge is 2.61. The maximum absolute atomic E-state index is 15.3. The lowest BCUT2D eigenvalue weighted by atomic mass is 9.67. The number of aliphatic carboxylic acids is 1. The van der Waals surface area contributed by atoms with Crippen molar-refractivity contribution in [3.05, 3.63) is 11.8 Å². The van der Waals surface area contributed by atoms with Crippen LogP contribution in [0.3, 0.4) is 0 Å². The normalized spacial score (nSPS) is 49.6. The molecule has 0 amide bonds. The molecule has 7 nitrogen and oxygen atoms in total. The molecule has 5 fully saturated rings. The lowest BCUT2D eigenvalue weighted by molar-refractivity contribution is -0.219. The molecule has 0 radical (unpaired) electrons. The number of morpholine rings is 1. The third-order valence-electron chi connectivity index (χ3n) is 9.24. The lowest BCUT2D eigenvalue weighted by Crippen LogP contribution is -2.73. The third kappa shape index (κ3) is 2.95. The minimum Gasteiger partial charge on any atom is -0.478 e. The van der Waals surface area contributed by atoms with Crippen LogP contribution in [0.5, 0.6) is 0 Å². The molecule has 6 rings (SSSR count). The first-order valence-electron chi connectivity index (χ1n) is 12.2. The molecule has 0 spiro atoms. The summed E-state index contributed by atoms with van der Waals surface area (Å²) < 4.78 is 28.5. The fourth-order valence-corrected chi connectivity index (χ4v) is 7.97. The van der Waals surface area contributed by atoms with Crippen LogP contribution in [0.25, 0.3) is 0 Å². The molecule has 8 heteroatoms. The highest BCUT2D eigenvalue weighted by Crippen LogP contribution is 2.52. The number of carbonyl (C=O) groups excluding carboxylic acids is 1. The molecule has 2 saturated heterocycles. The van der Waals surface area contributed by atoms with Crippen LogP contribution < -0.4 is 0 Å². The van der Waals surface area contributed by atoms with Crippen LogP contribution in [-0.4, -0.2) is 89.5 Å². The number of Topliss-reactive ketones (excluding diaryl/α,β-unsaturated/α-hetero) is 1. The molecule has 3 saturated carbocycles. The Bertz CT molecular complexity index is 848. The molecule has 0 aromatic rings. The number of halogens is 1. The largest absolute Gasteiger partial charge is 0.478 e. The van der Waals surface area contributed by atoms with Crippen molar-refractivity contribution in [3.63, 3.8) is 0 Å². The molecule has 11 unspecified atom stereocenters. The van der Waals surface area contributed by atoms with Gasteiger partial charge in [0.15, 0.2) is 5.78 Å². The van der Waals surface area contributed by atoms with Crippen molar-refractivity contribution in [2.45, 2.75) is 93.7 Å². The van der Waals surface area contributed by atoms with Gasteiger partial charge in [-0.25, -0.2) is 9.18 Å². The van der Waals surface area contributed by atoms with Crippen molar-refractivity contribution >= 4 is 11.8 Å². The van der Waals surface area contributed by atoms with E-state index in [-0.39, 0.29) is 36.3 Å². The van der Waals surface area contributed by atoms with Gasteiger partial charge in [0.2, 0.25) is 0 Å². The molecule has 3 heterocycles. The molecule has 0 aromatic heterocycles. The average molecular weight is 449 g/mol. The van der Waals surface area contributed by atoms with Crippen molar-refractivity contribution in [2.24, 2.45) is 17.8 Å². The van der Waals surface area contributed by atoms with E-state index >= 15 is 4.39 Å². The topological polar surface area (TPSA) is 79.3 Å². The van der Waals surface area contributed by atoms with Gasteiger partial charge in [-0.2, -0.15) is 0 Å². The maximum Gasteiger partial charge on any atom is 0.340 e. The Balaban J connectivity index is 1.38. The second-order valence-corrected chi connectivity index (χ2v) is 11.0. The smallest absolute Gasteiger partial charge is 0.340 e. The maximum atomic E-state index is 15.3. The van der Waals surface area contributed by atoms with Gasteiger partial charge in [-0.15, -0.1) is 0 Å². The summed E-state index contributed by atoms with van der Waals surface area (Å²) in [6, 6.07) is -0.819. The van der Waals surface area contributed by atoms with Crippen molar-refractivity contribution in [3.8, 4) is 0 Å². The van der Waals surface area contributed by atoms with Crippen molar-refractivity contribution in [1.82, 2.24) is 9.80 Å². The Labute approximate surface area is 187 Å². The number of fused-ring (bicyclic) bond motifs is 5. The minimum absolute atomic E-state index is 0.0391. The molecular formula is C24H33FN2O5. The number of rotatable bonds is 2. The monoisotopic (exact) mass is 448 g/mol. The van der Waals surface area contributed by atoms with E-state index in [9.17, 15) is 14.7 Å². The van der Waals surface area contributed by atoms with Crippen LogP contribution in [0.1, 0.15) is 44.9 Å². The van der Waals surface area contributed by atoms with Crippen LogP contribution >= 0.6 is 0 Å². The Morgan fingerprint density at radius 1 is 1.09 bits per heavy atom. The molecule has 6 aliphatic rings. The SMILES string of the molecule is CN(C)C1C(F)CC2C(=O)C(C(=O)O)=CN3C4CC5OC6CCCCC6C5CC4OC1C23. The number of alkyl halides is 1. The summed E-state index contributed by atoms with van der Waals surface area (Å²) in [5.41, 5.74) is -0.218. The molecule has 3 aliphatic carbocycles. The van der Waals surface area contributed by atoms with Gasteiger partial charge >= 0.3 is 5.97 Å². The van der Waals surface area contributed by atoms with E-state index in [0.29, 0.717) is 17.9 Å². The van der Waals surface area contributed by atoms with Gasteiger partial charge in [0.05, 0.1) is 42.5 Å². The summed E-state index contributed by atoms with van der Waals surface area (Å²) in [5.74, 6) is -1.35. The highest BCUT2D eigenvalue weighted by molar-refractivity contribution is 6.18. The summed E-state index contributed by atoms with van der Waals surface area (Å²) in [6.07, 6.45) is 6.70. The predicted molar refractivity (Wildman–Crippen MR) is 113 cm³/mol. The van der Waals surface area contributed by atoms with Gasteiger partial charge in [-0.1, -0.05) is 12.8 Å². The van der Waals surface area contributed by atoms with Crippen molar-refractivity contribution in [2.75, 3.05) is 14.1 Å². The summed E-state index contributed by atoms with van der Waals surface area (Å²) in [4.78, 5) is 28.9. The molecule has 0 aromatic carbocycles. The molecule has 3 aliphatic heterocycles. The highest BCUT2D eigenvalue weighted by atomic mass is 19.1. The van der Waals surface area contributed by atoms with E-state index in [4.69, 9.17) is 9.47 Å².